The van der Waals surface area contributed by atoms with Crippen molar-refractivity contribution in [2.75, 3.05) is 5.75 Å². The highest BCUT2D eigenvalue weighted by Gasteiger charge is 2.53. The van der Waals surface area contributed by atoms with Gasteiger partial charge in [-0.25, -0.2) is 0 Å². The molecule has 3 unspecified atom stereocenters. The van der Waals surface area contributed by atoms with E-state index >= 15 is 0 Å². The smallest absolute Gasteiger partial charge is 0.304 e. The van der Waals surface area contributed by atoms with E-state index in [1.165, 1.54) is 0 Å². The Morgan fingerprint density at radius 2 is 1.72 bits per heavy atom. The Kier molecular flexibility index (Phi) is 9.29. The molecule has 0 spiro atoms. The second-order valence-corrected chi connectivity index (χ2v) is 13.5. The van der Waals surface area contributed by atoms with Crippen molar-refractivity contribution < 1.29 is 18.9 Å². The molecule has 8 heteroatoms. The van der Waals surface area contributed by atoms with E-state index in [1.54, 1.807) is 25.1 Å². The van der Waals surface area contributed by atoms with Crippen molar-refractivity contribution in [3.05, 3.63) is 69.7 Å². The molecular formula is C28H35Cl2NO4S. The third-order valence-electron chi connectivity index (χ3n) is 7.12. The first-order valence-corrected chi connectivity index (χ1v) is 14.4. The van der Waals surface area contributed by atoms with Gasteiger partial charge < -0.3 is 10.0 Å². The van der Waals surface area contributed by atoms with Crippen LogP contribution in [-0.2, 0) is 20.4 Å². The Hall–Kier alpha value is -1.89. The Bertz CT molecular complexity index is 1120. The first-order valence-electron chi connectivity index (χ1n) is 12.3. The van der Waals surface area contributed by atoms with Gasteiger partial charge in [0.15, 0.2) is 0 Å². The second kappa shape index (κ2) is 11.7. The van der Waals surface area contributed by atoms with Crippen LogP contribution in [-0.4, -0.2) is 43.1 Å². The lowest BCUT2D eigenvalue weighted by molar-refractivity contribution is -0.161. The predicted molar refractivity (Wildman–Crippen MR) is 147 cm³/mol. The maximum atomic E-state index is 14.3. The lowest BCUT2D eigenvalue weighted by atomic mass is 9.66. The van der Waals surface area contributed by atoms with Gasteiger partial charge in [0.25, 0.3) is 0 Å². The molecule has 5 atom stereocenters. The van der Waals surface area contributed by atoms with Crippen molar-refractivity contribution in [2.45, 2.75) is 70.7 Å². The average Bonchev–Trinajstić information content (AvgIpc) is 2.79. The van der Waals surface area contributed by atoms with E-state index in [0.29, 0.717) is 22.2 Å². The highest BCUT2D eigenvalue weighted by Crippen LogP contribution is 2.52. The van der Waals surface area contributed by atoms with Crippen LogP contribution in [0.4, 0.5) is 0 Å². The fourth-order valence-corrected chi connectivity index (χ4v) is 6.79. The topological polar surface area (TPSA) is 74.7 Å². The quantitative estimate of drug-likeness (QED) is 0.375. The molecule has 1 heterocycles. The van der Waals surface area contributed by atoms with Crippen molar-refractivity contribution in [3.63, 3.8) is 0 Å². The molecule has 0 aliphatic carbocycles. The summed E-state index contributed by atoms with van der Waals surface area (Å²) in [4.78, 5) is 28.1. The number of likely N-dealkylation sites (tertiary alicyclic amines) is 1. The van der Waals surface area contributed by atoms with Crippen LogP contribution in [0.5, 0.6) is 0 Å². The van der Waals surface area contributed by atoms with Crippen molar-refractivity contribution >= 4 is 45.9 Å². The highest BCUT2D eigenvalue weighted by molar-refractivity contribution is 7.85. The molecule has 0 aromatic heterocycles. The molecule has 2 aromatic carbocycles. The van der Waals surface area contributed by atoms with Gasteiger partial charge in [0, 0.05) is 43.8 Å². The second-order valence-electron chi connectivity index (χ2n) is 10.6. The van der Waals surface area contributed by atoms with Crippen molar-refractivity contribution in [2.24, 2.45) is 11.3 Å². The van der Waals surface area contributed by atoms with Gasteiger partial charge in [0.2, 0.25) is 5.91 Å². The summed E-state index contributed by atoms with van der Waals surface area (Å²) in [7, 11) is -1.16. The van der Waals surface area contributed by atoms with E-state index in [0.717, 1.165) is 11.1 Å². The fourth-order valence-electron chi connectivity index (χ4n) is 5.20. The molecule has 36 heavy (non-hydrogen) atoms. The summed E-state index contributed by atoms with van der Waals surface area (Å²) in [6, 6.07) is 14.2. The van der Waals surface area contributed by atoms with E-state index < -0.39 is 28.2 Å². The summed E-state index contributed by atoms with van der Waals surface area (Å²) in [6.45, 7) is 9.60. The summed E-state index contributed by atoms with van der Waals surface area (Å²) >= 11 is 12.6. The van der Waals surface area contributed by atoms with Crippen LogP contribution in [0.3, 0.4) is 0 Å². The van der Waals surface area contributed by atoms with E-state index in [1.807, 2.05) is 62.9 Å². The van der Waals surface area contributed by atoms with Gasteiger partial charge in [-0.1, -0.05) is 82.1 Å². The van der Waals surface area contributed by atoms with Crippen molar-refractivity contribution in [1.82, 2.24) is 4.90 Å². The molecule has 1 aliphatic heterocycles. The van der Waals surface area contributed by atoms with Gasteiger partial charge in [-0.15, -0.1) is 0 Å². The number of halogens is 2. The maximum absolute atomic E-state index is 14.3. The van der Waals surface area contributed by atoms with Gasteiger partial charge in [-0.2, -0.15) is 0 Å². The minimum absolute atomic E-state index is 0.00126. The lowest BCUT2D eigenvalue weighted by Gasteiger charge is -2.52. The normalized spacial score (nSPS) is 24.2. The Labute approximate surface area is 226 Å². The molecule has 1 saturated heterocycles. The number of nitrogens with zero attached hydrogens (tertiary/aromatic N) is 1. The number of amides is 1. The van der Waals surface area contributed by atoms with Crippen LogP contribution in [0.2, 0.25) is 10.0 Å². The van der Waals surface area contributed by atoms with E-state index in [-0.39, 0.29) is 35.5 Å². The molecule has 5 nitrogen and oxygen atoms in total. The molecule has 196 valence electrons. The number of hydrogen-bond donors (Lipinski definition) is 1. The number of benzene rings is 2. The van der Waals surface area contributed by atoms with Gasteiger partial charge in [-0.3, -0.25) is 13.8 Å². The first-order chi connectivity index (χ1) is 16.8. The summed E-state index contributed by atoms with van der Waals surface area (Å²) in [5, 5.41) is 10.9. The summed E-state index contributed by atoms with van der Waals surface area (Å²) < 4.78 is 13.1. The van der Waals surface area contributed by atoms with Crippen LogP contribution < -0.4 is 0 Å². The maximum Gasteiger partial charge on any atom is 0.304 e. The van der Waals surface area contributed by atoms with Gasteiger partial charge in [0.1, 0.15) is 0 Å². The van der Waals surface area contributed by atoms with E-state index in [2.05, 4.69) is 0 Å². The number of carbonyl (C=O) groups is 2. The molecule has 0 bridgehead atoms. The Balaban J connectivity index is 2.27. The van der Waals surface area contributed by atoms with E-state index in [4.69, 9.17) is 23.2 Å². The minimum Gasteiger partial charge on any atom is -0.481 e. The molecule has 2 aromatic rings. The third kappa shape index (κ3) is 6.32. The van der Waals surface area contributed by atoms with Crippen molar-refractivity contribution in [1.29, 1.82) is 0 Å². The number of hydrogen-bond acceptors (Lipinski definition) is 3. The fraction of sp³-hybridized carbons (Fsp3) is 0.500. The molecular weight excluding hydrogens is 517 g/mol. The largest absolute Gasteiger partial charge is 0.481 e. The highest BCUT2D eigenvalue weighted by atomic mass is 35.5. The number of rotatable bonds is 9. The number of carbonyl (C=O) groups excluding carboxylic acids is 1. The van der Waals surface area contributed by atoms with Gasteiger partial charge in [-0.05, 0) is 47.7 Å². The monoisotopic (exact) mass is 551 g/mol. The Morgan fingerprint density at radius 3 is 2.25 bits per heavy atom. The standard InChI is InChI=1S/C28H35Cl2NO4S/c1-17(2)24(16-36(35)18(3)4)31-26(19-9-11-21(29)12-10-19)23(20-7-6-8-22(30)13-20)14-28(5,27(31)34)15-25(32)33/h6-13,17-18,23-24,26H,14-16H2,1-5H3,(H,32,33)/t23-,24?,26?,28+,36?/m1/s1. The molecule has 1 aliphatic rings. The first kappa shape index (κ1) is 28.7. The third-order valence-corrected chi connectivity index (χ3v) is 9.33. The molecule has 1 N–H and O–H groups in total. The van der Waals surface area contributed by atoms with E-state index in [9.17, 15) is 18.9 Å². The van der Waals surface area contributed by atoms with Crippen LogP contribution in [0, 0.1) is 11.3 Å². The van der Waals surface area contributed by atoms with Crippen LogP contribution in [0.15, 0.2) is 48.5 Å². The zero-order valence-corrected chi connectivity index (χ0v) is 23.7. The zero-order valence-electron chi connectivity index (χ0n) is 21.4. The summed E-state index contributed by atoms with van der Waals surface area (Å²) in [6.07, 6.45) is 0.0607. The molecule has 1 fully saturated rings. The molecule has 0 saturated carbocycles. The number of aliphatic carboxylic acids is 1. The van der Waals surface area contributed by atoms with Crippen LogP contribution in [0.1, 0.15) is 70.5 Å². The lowest BCUT2D eigenvalue weighted by Crippen LogP contribution is -2.58. The number of carboxylic acids is 1. The summed E-state index contributed by atoms with van der Waals surface area (Å²) in [5.74, 6) is -1.15. The molecule has 3 rings (SSSR count). The summed E-state index contributed by atoms with van der Waals surface area (Å²) in [5.41, 5.74) is 0.703. The predicted octanol–water partition coefficient (Wildman–Crippen LogP) is 6.71. The zero-order chi connectivity index (χ0) is 26.8. The van der Waals surface area contributed by atoms with Crippen LogP contribution >= 0.6 is 23.2 Å². The number of piperidine rings is 1. The molecule has 0 radical (unpaired) electrons. The Morgan fingerprint density at radius 1 is 1.08 bits per heavy atom. The van der Waals surface area contributed by atoms with Gasteiger partial charge in [0.05, 0.1) is 17.9 Å². The van der Waals surface area contributed by atoms with Gasteiger partial charge >= 0.3 is 5.97 Å². The molecule has 1 amide bonds. The minimum atomic E-state index is -1.16. The number of carboxylic acid groups (broad SMARTS) is 1. The van der Waals surface area contributed by atoms with Crippen LogP contribution in [0.25, 0.3) is 0 Å². The average molecular weight is 553 g/mol. The SMILES string of the molecule is CC(C)C(CS(=O)C(C)C)N1C(=O)[C@](C)(CC(=O)O)C[C@H](c2cccc(Cl)c2)C1c1ccc(Cl)cc1. The van der Waals surface area contributed by atoms with Crippen molar-refractivity contribution in [3.8, 4) is 0 Å².